The van der Waals surface area contributed by atoms with Crippen LogP contribution in [0.25, 0.3) is 0 Å². The minimum atomic E-state index is 0. The average Bonchev–Trinajstić information content (AvgIpc) is 1.88. The molecule has 1 atom stereocenters. The standard InChI is InChI=1S/C10H16.Au.H2S/c1-8(2)10-6-4-9(3)5-7-10;;/h4,10H,1,5-7H2,2-3H3;;1H2. The third-order valence-corrected chi connectivity index (χ3v) is 2.33. The van der Waals surface area contributed by atoms with E-state index < -0.39 is 0 Å². The van der Waals surface area contributed by atoms with Crippen molar-refractivity contribution in [2.24, 2.45) is 5.92 Å². The van der Waals surface area contributed by atoms with Crippen LogP contribution in [0.3, 0.4) is 0 Å². The molecule has 0 aromatic carbocycles. The van der Waals surface area contributed by atoms with Crippen molar-refractivity contribution in [2.45, 2.75) is 33.1 Å². The Labute approximate surface area is 98.5 Å². The molecule has 0 aromatic heterocycles. The van der Waals surface area contributed by atoms with Gasteiger partial charge in [0.05, 0.1) is 0 Å². The maximum atomic E-state index is 3.97. The van der Waals surface area contributed by atoms with Crippen LogP contribution in [0.5, 0.6) is 0 Å². The zero-order valence-electron chi connectivity index (χ0n) is 7.78. The van der Waals surface area contributed by atoms with Crippen molar-refractivity contribution in [3.63, 3.8) is 0 Å². The summed E-state index contributed by atoms with van der Waals surface area (Å²) in [5.74, 6) is 0.767. The number of hydrogen-bond donors (Lipinski definition) is 0. The summed E-state index contributed by atoms with van der Waals surface area (Å²) in [6.45, 7) is 8.33. The Hall–Kier alpha value is 0.570. The molecule has 2 heteroatoms. The van der Waals surface area contributed by atoms with Gasteiger partial charge in [-0.2, -0.15) is 13.5 Å². The van der Waals surface area contributed by atoms with Crippen molar-refractivity contribution in [1.82, 2.24) is 0 Å². The van der Waals surface area contributed by atoms with E-state index in [1.807, 2.05) is 0 Å². The Morgan fingerprint density at radius 2 is 2.17 bits per heavy atom. The molecule has 1 radical (unpaired) electrons. The number of allylic oxidation sites excluding steroid dienone is 3. The Balaban J connectivity index is 0. The number of hydrogen-bond acceptors (Lipinski definition) is 0. The smallest absolute Gasteiger partial charge is 0 e. The zero-order chi connectivity index (χ0) is 7.56. The third-order valence-electron chi connectivity index (χ3n) is 2.33. The predicted molar refractivity (Wildman–Crippen MR) is 56.3 cm³/mol. The minimum absolute atomic E-state index is 0. The topological polar surface area (TPSA) is 0 Å². The molecule has 0 aliphatic heterocycles. The van der Waals surface area contributed by atoms with Gasteiger partial charge in [0.15, 0.2) is 0 Å². The van der Waals surface area contributed by atoms with Gasteiger partial charge in [0.2, 0.25) is 0 Å². The van der Waals surface area contributed by atoms with Crippen LogP contribution >= 0.6 is 13.5 Å². The summed E-state index contributed by atoms with van der Waals surface area (Å²) >= 11 is 0. The van der Waals surface area contributed by atoms with E-state index in [0.29, 0.717) is 0 Å². The molecule has 1 aliphatic carbocycles. The molecular formula is C10H18AuS. The van der Waals surface area contributed by atoms with Gasteiger partial charge in [0, 0.05) is 22.4 Å². The molecule has 0 N–H and O–H groups in total. The Kier molecular flexibility index (Phi) is 8.81. The van der Waals surface area contributed by atoms with Crippen molar-refractivity contribution in [3.05, 3.63) is 23.8 Å². The SMILES string of the molecule is C=C(C)C1CC=C(C)CC1.S.[Au]. The maximum Gasteiger partial charge on any atom is 0 e. The van der Waals surface area contributed by atoms with Gasteiger partial charge in [-0.25, -0.2) is 0 Å². The average molecular weight is 367 g/mol. The molecule has 12 heavy (non-hydrogen) atoms. The van der Waals surface area contributed by atoms with Crippen molar-refractivity contribution in [3.8, 4) is 0 Å². The van der Waals surface area contributed by atoms with Crippen LogP contribution in [0.15, 0.2) is 23.8 Å². The Bertz CT molecular complexity index is 173. The van der Waals surface area contributed by atoms with Crippen LogP contribution in [0.2, 0.25) is 0 Å². The predicted octanol–water partition coefficient (Wildman–Crippen LogP) is 3.42. The fourth-order valence-electron chi connectivity index (χ4n) is 1.41. The van der Waals surface area contributed by atoms with Crippen LogP contribution in [-0.4, -0.2) is 0 Å². The molecule has 0 saturated carbocycles. The molecule has 1 rings (SSSR count). The second kappa shape index (κ2) is 7.02. The molecule has 0 fully saturated rings. The minimum Gasteiger partial charge on any atom is -0.197 e. The van der Waals surface area contributed by atoms with Crippen molar-refractivity contribution >= 4 is 13.5 Å². The van der Waals surface area contributed by atoms with Crippen LogP contribution in [-0.2, 0) is 22.4 Å². The zero-order valence-corrected chi connectivity index (χ0v) is 11.0. The first-order valence-corrected chi connectivity index (χ1v) is 4.01. The van der Waals surface area contributed by atoms with E-state index in [2.05, 4.69) is 26.5 Å². The fourth-order valence-corrected chi connectivity index (χ4v) is 1.41. The van der Waals surface area contributed by atoms with Gasteiger partial charge in [-0.1, -0.05) is 23.8 Å². The fraction of sp³-hybridized carbons (Fsp3) is 0.600. The molecule has 0 heterocycles. The summed E-state index contributed by atoms with van der Waals surface area (Å²) in [4.78, 5) is 0. The van der Waals surface area contributed by atoms with Gasteiger partial charge in [-0.05, 0) is 39.0 Å². The quantitative estimate of drug-likeness (QED) is 0.492. The van der Waals surface area contributed by atoms with E-state index in [-0.39, 0.29) is 35.9 Å². The first-order valence-electron chi connectivity index (χ1n) is 4.01. The molecule has 0 amide bonds. The second-order valence-electron chi connectivity index (χ2n) is 3.37. The van der Waals surface area contributed by atoms with Gasteiger partial charge in [-0.15, -0.1) is 0 Å². The van der Waals surface area contributed by atoms with Crippen LogP contribution < -0.4 is 0 Å². The summed E-state index contributed by atoms with van der Waals surface area (Å²) < 4.78 is 0. The third kappa shape index (κ3) is 4.56. The Morgan fingerprint density at radius 1 is 1.58 bits per heavy atom. The van der Waals surface area contributed by atoms with E-state index in [1.165, 1.54) is 24.8 Å². The van der Waals surface area contributed by atoms with Crippen molar-refractivity contribution < 1.29 is 22.4 Å². The van der Waals surface area contributed by atoms with Crippen molar-refractivity contribution in [1.29, 1.82) is 0 Å². The first-order chi connectivity index (χ1) is 4.70. The van der Waals surface area contributed by atoms with E-state index in [0.717, 1.165) is 5.92 Å². The molecule has 0 nitrogen and oxygen atoms in total. The van der Waals surface area contributed by atoms with E-state index in [4.69, 9.17) is 0 Å². The van der Waals surface area contributed by atoms with Gasteiger partial charge in [-0.3, -0.25) is 0 Å². The molecule has 0 bridgehead atoms. The maximum absolute atomic E-state index is 3.97. The van der Waals surface area contributed by atoms with Crippen LogP contribution in [0, 0.1) is 5.92 Å². The molecule has 75 valence electrons. The molecular weight excluding hydrogens is 349 g/mol. The van der Waals surface area contributed by atoms with Crippen molar-refractivity contribution in [2.75, 3.05) is 0 Å². The monoisotopic (exact) mass is 367 g/mol. The first kappa shape index (κ1) is 15.1. The molecule has 0 aromatic rings. The summed E-state index contributed by atoms with van der Waals surface area (Å²) in [7, 11) is 0. The normalized spacial score (nSPS) is 21.5. The van der Waals surface area contributed by atoms with Gasteiger partial charge >= 0.3 is 0 Å². The Morgan fingerprint density at radius 3 is 2.50 bits per heavy atom. The summed E-state index contributed by atoms with van der Waals surface area (Å²) in [5.41, 5.74) is 2.90. The van der Waals surface area contributed by atoms with Crippen LogP contribution in [0.1, 0.15) is 33.1 Å². The molecule has 1 aliphatic rings. The van der Waals surface area contributed by atoms with Gasteiger partial charge < -0.3 is 0 Å². The summed E-state index contributed by atoms with van der Waals surface area (Å²) in [6.07, 6.45) is 6.17. The number of rotatable bonds is 1. The van der Waals surface area contributed by atoms with E-state index >= 15 is 0 Å². The summed E-state index contributed by atoms with van der Waals surface area (Å²) in [5, 5.41) is 0. The summed E-state index contributed by atoms with van der Waals surface area (Å²) in [6, 6.07) is 0. The van der Waals surface area contributed by atoms with E-state index in [1.54, 1.807) is 5.57 Å². The van der Waals surface area contributed by atoms with Gasteiger partial charge in [0.1, 0.15) is 0 Å². The largest absolute Gasteiger partial charge is 0.197 e. The molecule has 0 spiro atoms. The van der Waals surface area contributed by atoms with Gasteiger partial charge in [0.25, 0.3) is 0 Å². The second-order valence-corrected chi connectivity index (χ2v) is 3.37. The molecule has 0 saturated heterocycles. The molecule has 1 unspecified atom stereocenters. The van der Waals surface area contributed by atoms with Crippen LogP contribution in [0.4, 0.5) is 0 Å². The van der Waals surface area contributed by atoms with E-state index in [9.17, 15) is 0 Å².